The van der Waals surface area contributed by atoms with E-state index in [4.69, 9.17) is 0 Å². The number of piperidine rings is 1. The molecule has 19 heavy (non-hydrogen) atoms. The summed E-state index contributed by atoms with van der Waals surface area (Å²) in [5, 5.41) is 3.46. The third-order valence-corrected chi connectivity index (χ3v) is 4.00. The Morgan fingerprint density at radius 1 is 1.37 bits per heavy atom. The Morgan fingerprint density at radius 3 is 2.68 bits per heavy atom. The molecule has 1 N–H and O–H groups in total. The zero-order valence-corrected chi connectivity index (χ0v) is 12.8. The van der Waals surface area contributed by atoms with Gasteiger partial charge in [0.25, 0.3) is 0 Å². The van der Waals surface area contributed by atoms with E-state index < -0.39 is 0 Å². The average molecular weight is 284 g/mol. The summed E-state index contributed by atoms with van der Waals surface area (Å²) in [4.78, 5) is 7.03. The van der Waals surface area contributed by atoms with Crippen LogP contribution in [0.5, 0.6) is 0 Å². The van der Waals surface area contributed by atoms with E-state index in [0.29, 0.717) is 6.04 Å². The topological polar surface area (TPSA) is 28.2 Å². The molecule has 0 aliphatic carbocycles. The number of rotatable bonds is 5. The average Bonchev–Trinajstić information content (AvgIpc) is 2.46. The van der Waals surface area contributed by atoms with Crippen molar-refractivity contribution >= 4 is 12.4 Å². The van der Waals surface area contributed by atoms with Crippen molar-refractivity contribution < 1.29 is 0 Å². The Bertz CT molecular complexity index is 337. The standard InChI is InChI=1S/C15H25N3.ClH/c1-3-16-12-14-7-10-18(11-8-14)13(2)15-6-4-5-9-17-15;/h4-6,9,13-14,16H,3,7-8,10-12H2,1-2H3;1H. The molecule has 1 aromatic rings. The Hall–Kier alpha value is -0.640. The highest BCUT2D eigenvalue weighted by Gasteiger charge is 2.23. The molecule has 1 unspecified atom stereocenters. The van der Waals surface area contributed by atoms with E-state index in [1.165, 1.54) is 38.2 Å². The predicted octanol–water partition coefficient (Wildman–Crippen LogP) is 2.89. The van der Waals surface area contributed by atoms with Gasteiger partial charge in [0, 0.05) is 12.2 Å². The van der Waals surface area contributed by atoms with Crippen molar-refractivity contribution in [1.29, 1.82) is 0 Å². The van der Waals surface area contributed by atoms with E-state index in [2.05, 4.69) is 41.2 Å². The van der Waals surface area contributed by atoms with Gasteiger partial charge in [0.05, 0.1) is 5.69 Å². The van der Waals surface area contributed by atoms with Crippen molar-refractivity contribution in [2.45, 2.75) is 32.7 Å². The fourth-order valence-electron chi connectivity index (χ4n) is 2.70. The van der Waals surface area contributed by atoms with Gasteiger partial charge in [-0.15, -0.1) is 12.4 Å². The molecule has 0 radical (unpaired) electrons. The maximum atomic E-state index is 4.47. The summed E-state index contributed by atoms with van der Waals surface area (Å²) in [7, 11) is 0. The van der Waals surface area contributed by atoms with Crippen LogP contribution in [0, 0.1) is 5.92 Å². The SMILES string of the molecule is CCNCC1CCN(C(C)c2ccccn2)CC1.Cl. The number of nitrogens with zero attached hydrogens (tertiary/aromatic N) is 2. The first-order valence-electron chi connectivity index (χ1n) is 7.17. The zero-order chi connectivity index (χ0) is 12.8. The molecule has 1 fully saturated rings. The van der Waals surface area contributed by atoms with Crippen LogP contribution in [-0.2, 0) is 0 Å². The summed E-state index contributed by atoms with van der Waals surface area (Å²) in [6.07, 6.45) is 4.51. The smallest absolute Gasteiger partial charge is 0.0572 e. The van der Waals surface area contributed by atoms with Crippen molar-refractivity contribution in [3.8, 4) is 0 Å². The monoisotopic (exact) mass is 283 g/mol. The van der Waals surface area contributed by atoms with Crippen molar-refractivity contribution in [1.82, 2.24) is 15.2 Å². The zero-order valence-electron chi connectivity index (χ0n) is 12.0. The van der Waals surface area contributed by atoms with Gasteiger partial charge in [0.1, 0.15) is 0 Å². The summed E-state index contributed by atoms with van der Waals surface area (Å²) >= 11 is 0. The molecule has 2 heterocycles. The minimum atomic E-state index is 0. The van der Waals surface area contributed by atoms with Crippen LogP contribution in [0.3, 0.4) is 0 Å². The van der Waals surface area contributed by atoms with E-state index in [-0.39, 0.29) is 12.4 Å². The van der Waals surface area contributed by atoms with Crippen LogP contribution in [0.4, 0.5) is 0 Å². The third-order valence-electron chi connectivity index (χ3n) is 4.00. The van der Waals surface area contributed by atoms with Gasteiger partial charge in [0.2, 0.25) is 0 Å². The normalized spacial score (nSPS) is 18.8. The molecular weight excluding hydrogens is 258 g/mol. The second-order valence-corrected chi connectivity index (χ2v) is 5.22. The van der Waals surface area contributed by atoms with Gasteiger partial charge in [-0.2, -0.15) is 0 Å². The lowest BCUT2D eigenvalue weighted by Crippen LogP contribution is -2.38. The highest BCUT2D eigenvalue weighted by atomic mass is 35.5. The van der Waals surface area contributed by atoms with Crippen LogP contribution in [0.25, 0.3) is 0 Å². The first-order valence-corrected chi connectivity index (χ1v) is 7.17. The van der Waals surface area contributed by atoms with Gasteiger partial charge >= 0.3 is 0 Å². The largest absolute Gasteiger partial charge is 0.317 e. The minimum absolute atomic E-state index is 0. The molecule has 0 aromatic carbocycles. The highest BCUT2D eigenvalue weighted by molar-refractivity contribution is 5.85. The minimum Gasteiger partial charge on any atom is -0.317 e. The molecule has 0 saturated carbocycles. The van der Waals surface area contributed by atoms with Gasteiger partial charge in [-0.05, 0) is 64.0 Å². The van der Waals surface area contributed by atoms with Crippen LogP contribution >= 0.6 is 12.4 Å². The second kappa shape index (κ2) is 8.51. The first kappa shape index (κ1) is 16.4. The Kier molecular flexibility index (Phi) is 7.36. The number of aromatic nitrogens is 1. The molecule has 0 bridgehead atoms. The van der Waals surface area contributed by atoms with Crippen molar-refractivity contribution in [2.75, 3.05) is 26.2 Å². The lowest BCUT2D eigenvalue weighted by Gasteiger charge is -2.35. The molecular formula is C15H26ClN3. The molecule has 0 amide bonds. The summed E-state index contributed by atoms with van der Waals surface area (Å²) in [5.41, 5.74) is 1.20. The van der Waals surface area contributed by atoms with Crippen molar-refractivity contribution in [2.24, 2.45) is 5.92 Å². The number of likely N-dealkylation sites (tertiary alicyclic amines) is 1. The number of halogens is 1. The Labute approximate surface area is 123 Å². The van der Waals surface area contributed by atoms with E-state index in [9.17, 15) is 0 Å². The van der Waals surface area contributed by atoms with Gasteiger partial charge in [-0.25, -0.2) is 0 Å². The molecule has 0 spiro atoms. The van der Waals surface area contributed by atoms with Crippen LogP contribution in [0.2, 0.25) is 0 Å². The number of nitrogens with one attached hydrogen (secondary N) is 1. The molecule has 3 nitrogen and oxygen atoms in total. The van der Waals surface area contributed by atoms with Gasteiger partial charge < -0.3 is 5.32 Å². The molecule has 2 rings (SSSR count). The summed E-state index contributed by atoms with van der Waals surface area (Å²) in [6, 6.07) is 6.65. The molecule has 1 aliphatic heterocycles. The van der Waals surface area contributed by atoms with E-state index in [1.807, 2.05) is 12.3 Å². The molecule has 1 aromatic heterocycles. The second-order valence-electron chi connectivity index (χ2n) is 5.22. The number of hydrogen-bond donors (Lipinski definition) is 1. The fourth-order valence-corrected chi connectivity index (χ4v) is 2.70. The molecule has 1 aliphatic rings. The third kappa shape index (κ3) is 4.75. The van der Waals surface area contributed by atoms with Crippen molar-refractivity contribution in [3.63, 3.8) is 0 Å². The van der Waals surface area contributed by atoms with Crippen LogP contribution in [0.1, 0.15) is 38.4 Å². The summed E-state index contributed by atoms with van der Waals surface area (Å²) in [6.45, 7) is 9.12. The molecule has 1 atom stereocenters. The number of hydrogen-bond acceptors (Lipinski definition) is 3. The van der Waals surface area contributed by atoms with Crippen molar-refractivity contribution in [3.05, 3.63) is 30.1 Å². The first-order chi connectivity index (χ1) is 8.81. The number of pyridine rings is 1. The Balaban J connectivity index is 0.00000180. The van der Waals surface area contributed by atoms with E-state index in [1.54, 1.807) is 0 Å². The maximum absolute atomic E-state index is 4.47. The predicted molar refractivity (Wildman–Crippen MR) is 82.7 cm³/mol. The van der Waals surface area contributed by atoms with Crippen LogP contribution in [-0.4, -0.2) is 36.1 Å². The highest BCUT2D eigenvalue weighted by Crippen LogP contribution is 2.24. The van der Waals surface area contributed by atoms with E-state index in [0.717, 1.165) is 12.5 Å². The lowest BCUT2D eigenvalue weighted by molar-refractivity contribution is 0.138. The molecule has 4 heteroatoms. The lowest BCUT2D eigenvalue weighted by atomic mass is 9.95. The van der Waals surface area contributed by atoms with Gasteiger partial charge in [-0.3, -0.25) is 9.88 Å². The van der Waals surface area contributed by atoms with Crippen LogP contribution in [0.15, 0.2) is 24.4 Å². The van der Waals surface area contributed by atoms with Crippen LogP contribution < -0.4 is 5.32 Å². The van der Waals surface area contributed by atoms with Gasteiger partial charge in [-0.1, -0.05) is 13.0 Å². The van der Waals surface area contributed by atoms with E-state index >= 15 is 0 Å². The van der Waals surface area contributed by atoms with Gasteiger partial charge in [0.15, 0.2) is 0 Å². The molecule has 1 saturated heterocycles. The molecule has 108 valence electrons. The quantitative estimate of drug-likeness (QED) is 0.901. The fraction of sp³-hybridized carbons (Fsp3) is 0.667. The summed E-state index contributed by atoms with van der Waals surface area (Å²) < 4.78 is 0. The summed E-state index contributed by atoms with van der Waals surface area (Å²) in [5.74, 6) is 0.858. The maximum Gasteiger partial charge on any atom is 0.0572 e. The Morgan fingerprint density at radius 2 is 2.11 bits per heavy atom.